The van der Waals surface area contributed by atoms with Gasteiger partial charge in [-0.15, -0.1) is 0 Å². The van der Waals surface area contributed by atoms with Gasteiger partial charge in [0.05, 0.1) is 5.92 Å². The normalized spacial score (nSPS) is 19.3. The van der Waals surface area contributed by atoms with Crippen LogP contribution in [0.1, 0.15) is 24.3 Å². The second kappa shape index (κ2) is 5.63. The number of nitrogen functional groups attached to an aromatic ring is 1. The van der Waals surface area contributed by atoms with Crippen molar-refractivity contribution in [3.8, 4) is 5.75 Å². The van der Waals surface area contributed by atoms with Crippen molar-refractivity contribution in [2.24, 2.45) is 0 Å². The molecule has 3 N–H and O–H groups in total. The van der Waals surface area contributed by atoms with Crippen LogP contribution in [0.2, 0.25) is 0 Å². The minimum absolute atomic E-state index is 0.0629. The van der Waals surface area contributed by atoms with Crippen LogP contribution in [-0.4, -0.2) is 24.6 Å². The van der Waals surface area contributed by atoms with Crippen molar-refractivity contribution < 1.29 is 27.5 Å². The van der Waals surface area contributed by atoms with Crippen LogP contribution in [0.25, 0.3) is 0 Å². The van der Waals surface area contributed by atoms with Crippen LogP contribution in [0.3, 0.4) is 0 Å². The third-order valence-corrected chi connectivity index (χ3v) is 3.00. The molecule has 1 unspecified atom stereocenters. The van der Waals surface area contributed by atoms with Crippen LogP contribution in [0.4, 0.5) is 18.9 Å². The Kier molecular flexibility index (Phi) is 4.06. The first-order chi connectivity index (χ1) is 9.74. The van der Waals surface area contributed by atoms with Gasteiger partial charge in [0.25, 0.3) is 0 Å². The first-order valence-corrected chi connectivity index (χ1v) is 6.18. The molecular weight excluding hydrogens is 289 g/mol. The lowest BCUT2D eigenvalue weighted by molar-refractivity contribution is -0.153. The minimum Gasteiger partial charge on any atom is -0.484 e. The number of alkyl halides is 3. The third kappa shape index (κ3) is 4.11. The summed E-state index contributed by atoms with van der Waals surface area (Å²) in [4.78, 5) is 22.8. The summed E-state index contributed by atoms with van der Waals surface area (Å²) in [6.07, 6.45) is -4.00. The van der Waals surface area contributed by atoms with Crippen molar-refractivity contribution in [3.05, 3.63) is 23.8 Å². The second-order valence-electron chi connectivity index (χ2n) is 4.74. The molecule has 5 nitrogen and oxygen atoms in total. The van der Waals surface area contributed by atoms with E-state index in [0.29, 0.717) is 5.56 Å². The maximum absolute atomic E-state index is 12.1. The van der Waals surface area contributed by atoms with Gasteiger partial charge in [-0.1, -0.05) is 0 Å². The number of benzene rings is 1. The van der Waals surface area contributed by atoms with Gasteiger partial charge in [0.1, 0.15) is 5.75 Å². The lowest BCUT2D eigenvalue weighted by atomic mass is 9.90. The molecule has 0 aromatic heterocycles. The lowest BCUT2D eigenvalue weighted by Gasteiger charge is -2.22. The molecule has 1 aromatic carbocycles. The summed E-state index contributed by atoms with van der Waals surface area (Å²) < 4.78 is 41.1. The molecule has 0 bridgehead atoms. The molecule has 0 saturated carbocycles. The number of hydrogen-bond donors (Lipinski definition) is 2. The molecular formula is C13H13F3N2O3. The molecule has 1 aliphatic rings. The Labute approximate surface area is 118 Å². The summed E-state index contributed by atoms with van der Waals surface area (Å²) >= 11 is 0. The molecule has 1 aliphatic heterocycles. The first kappa shape index (κ1) is 15.1. The topological polar surface area (TPSA) is 81.4 Å². The average Bonchev–Trinajstić information content (AvgIpc) is 2.35. The number of nitrogens with one attached hydrogen (secondary N) is 1. The highest BCUT2D eigenvalue weighted by atomic mass is 19.4. The van der Waals surface area contributed by atoms with Crippen LogP contribution in [-0.2, 0) is 9.59 Å². The Bertz CT molecular complexity index is 572. The summed E-state index contributed by atoms with van der Waals surface area (Å²) in [5.41, 5.74) is 6.24. The zero-order valence-electron chi connectivity index (χ0n) is 10.9. The van der Waals surface area contributed by atoms with E-state index in [1.807, 2.05) is 0 Å². The van der Waals surface area contributed by atoms with Crippen molar-refractivity contribution in [2.75, 3.05) is 12.3 Å². The van der Waals surface area contributed by atoms with E-state index in [0.717, 1.165) is 0 Å². The highest BCUT2D eigenvalue weighted by Gasteiger charge is 2.30. The van der Waals surface area contributed by atoms with Crippen molar-refractivity contribution in [1.82, 2.24) is 5.32 Å². The van der Waals surface area contributed by atoms with E-state index in [2.05, 4.69) is 10.1 Å². The average molecular weight is 302 g/mol. The number of hydrogen-bond acceptors (Lipinski definition) is 4. The van der Waals surface area contributed by atoms with Gasteiger partial charge in [0.15, 0.2) is 6.61 Å². The molecule has 2 rings (SSSR count). The number of rotatable bonds is 3. The largest absolute Gasteiger partial charge is 0.484 e. The van der Waals surface area contributed by atoms with Crippen LogP contribution in [0.15, 0.2) is 18.2 Å². The van der Waals surface area contributed by atoms with Crippen LogP contribution in [0, 0.1) is 0 Å². The number of nitrogens with two attached hydrogens (primary N) is 1. The maximum Gasteiger partial charge on any atom is 0.422 e. The Hall–Kier alpha value is -2.25. The fraction of sp³-hybridized carbons (Fsp3) is 0.385. The quantitative estimate of drug-likeness (QED) is 0.658. The number of amides is 2. The monoisotopic (exact) mass is 302 g/mol. The van der Waals surface area contributed by atoms with Gasteiger partial charge >= 0.3 is 6.18 Å². The second-order valence-corrected chi connectivity index (χ2v) is 4.74. The van der Waals surface area contributed by atoms with Crippen molar-refractivity contribution >= 4 is 17.5 Å². The molecule has 0 aliphatic carbocycles. The summed E-state index contributed by atoms with van der Waals surface area (Å²) in [5, 5.41) is 2.18. The third-order valence-electron chi connectivity index (χ3n) is 3.00. The van der Waals surface area contributed by atoms with E-state index in [1.54, 1.807) is 0 Å². The summed E-state index contributed by atoms with van der Waals surface area (Å²) in [5.74, 6) is -1.54. The summed E-state index contributed by atoms with van der Waals surface area (Å²) in [6, 6.07) is 4.07. The maximum atomic E-state index is 12.1. The number of carbonyl (C=O) groups is 2. The van der Waals surface area contributed by atoms with Crippen molar-refractivity contribution in [1.29, 1.82) is 0 Å². The van der Waals surface area contributed by atoms with E-state index >= 15 is 0 Å². The van der Waals surface area contributed by atoms with Gasteiger partial charge in [-0.25, -0.2) is 0 Å². The number of ether oxygens (including phenoxy) is 1. The number of imide groups is 1. The molecule has 1 atom stereocenters. The van der Waals surface area contributed by atoms with Gasteiger partial charge in [-0.2, -0.15) is 13.2 Å². The van der Waals surface area contributed by atoms with E-state index in [1.165, 1.54) is 18.2 Å². The van der Waals surface area contributed by atoms with E-state index in [-0.39, 0.29) is 30.2 Å². The summed E-state index contributed by atoms with van der Waals surface area (Å²) in [6.45, 7) is -1.44. The number of anilines is 1. The number of carbonyl (C=O) groups excluding carboxylic acids is 2. The molecule has 21 heavy (non-hydrogen) atoms. The van der Waals surface area contributed by atoms with E-state index in [4.69, 9.17) is 5.73 Å². The van der Waals surface area contributed by atoms with Gasteiger partial charge in [-0.05, 0) is 24.1 Å². The molecule has 1 saturated heterocycles. The van der Waals surface area contributed by atoms with E-state index < -0.39 is 24.6 Å². The standard InChI is InChI=1S/C13H13F3N2O3/c14-13(15,16)6-21-9-4-7(3-8(17)5-9)10-1-2-11(19)18-12(10)20/h3-5,10H,1-2,6,17H2,(H,18,19,20). The highest BCUT2D eigenvalue weighted by Crippen LogP contribution is 2.30. The van der Waals surface area contributed by atoms with Gasteiger partial charge in [0.2, 0.25) is 11.8 Å². The lowest BCUT2D eigenvalue weighted by Crippen LogP contribution is -2.39. The van der Waals surface area contributed by atoms with Crippen LogP contribution >= 0.6 is 0 Å². The smallest absolute Gasteiger partial charge is 0.422 e. The highest BCUT2D eigenvalue weighted by molar-refractivity contribution is 6.01. The fourth-order valence-corrected chi connectivity index (χ4v) is 2.11. The zero-order valence-corrected chi connectivity index (χ0v) is 10.9. The molecule has 1 aromatic rings. The van der Waals surface area contributed by atoms with Gasteiger partial charge < -0.3 is 10.5 Å². The predicted molar refractivity (Wildman–Crippen MR) is 67.5 cm³/mol. The fourth-order valence-electron chi connectivity index (χ4n) is 2.11. The van der Waals surface area contributed by atoms with Crippen molar-refractivity contribution in [2.45, 2.75) is 24.9 Å². The molecule has 1 heterocycles. The van der Waals surface area contributed by atoms with Gasteiger partial charge in [0, 0.05) is 18.2 Å². The zero-order chi connectivity index (χ0) is 15.6. The molecule has 1 fully saturated rings. The molecule has 0 spiro atoms. The molecule has 114 valence electrons. The van der Waals surface area contributed by atoms with Gasteiger partial charge in [-0.3, -0.25) is 14.9 Å². The number of piperidine rings is 1. The molecule has 0 radical (unpaired) electrons. The number of halogens is 3. The SMILES string of the molecule is Nc1cc(OCC(F)(F)F)cc(C2CCC(=O)NC2=O)c1. The predicted octanol–water partition coefficient (Wildman–Crippen LogP) is 1.73. The molecule has 2 amide bonds. The minimum atomic E-state index is -4.46. The van der Waals surface area contributed by atoms with Crippen molar-refractivity contribution in [3.63, 3.8) is 0 Å². The van der Waals surface area contributed by atoms with Crippen LogP contribution in [0.5, 0.6) is 5.75 Å². The Morgan fingerprint density at radius 3 is 2.62 bits per heavy atom. The van der Waals surface area contributed by atoms with E-state index in [9.17, 15) is 22.8 Å². The Morgan fingerprint density at radius 2 is 2.00 bits per heavy atom. The first-order valence-electron chi connectivity index (χ1n) is 6.18. The van der Waals surface area contributed by atoms with Crippen LogP contribution < -0.4 is 15.8 Å². The Balaban J connectivity index is 2.18. The summed E-state index contributed by atoms with van der Waals surface area (Å²) in [7, 11) is 0. The molecule has 8 heteroatoms. The Morgan fingerprint density at radius 1 is 1.29 bits per heavy atom.